The van der Waals surface area contributed by atoms with E-state index in [9.17, 15) is 9.59 Å². The van der Waals surface area contributed by atoms with Gasteiger partial charge in [-0.15, -0.1) is 0 Å². The molecule has 0 aliphatic heterocycles. The Balaban J connectivity index is 1.56. The number of carbonyl (C=O) groups is 2. The van der Waals surface area contributed by atoms with Crippen molar-refractivity contribution in [3.05, 3.63) is 82.9 Å². The maximum atomic E-state index is 12.7. The van der Waals surface area contributed by atoms with Crippen LogP contribution in [0.1, 0.15) is 36.2 Å². The number of hydrogen-bond donors (Lipinski definition) is 2. The van der Waals surface area contributed by atoms with E-state index in [-0.39, 0.29) is 17.2 Å². The number of imidazole rings is 1. The number of rotatable bonds is 8. The molecule has 0 radical (unpaired) electrons. The highest BCUT2D eigenvalue weighted by molar-refractivity contribution is 9.10. The highest BCUT2D eigenvalue weighted by Crippen LogP contribution is 2.24. The van der Waals surface area contributed by atoms with E-state index in [4.69, 9.17) is 0 Å². The van der Waals surface area contributed by atoms with Crippen molar-refractivity contribution in [2.24, 2.45) is 0 Å². The number of benzene rings is 2. The fourth-order valence-electron chi connectivity index (χ4n) is 3.02. The number of anilines is 1. The molecule has 2 amide bonds. The summed E-state index contributed by atoms with van der Waals surface area (Å²) in [5, 5.41) is 5.85. The van der Waals surface area contributed by atoms with Crippen molar-refractivity contribution in [1.29, 1.82) is 0 Å². The first-order valence-corrected chi connectivity index (χ1v) is 10.5. The molecule has 0 bridgehead atoms. The predicted molar refractivity (Wildman–Crippen MR) is 121 cm³/mol. The van der Waals surface area contributed by atoms with Gasteiger partial charge in [-0.1, -0.05) is 48.0 Å². The minimum absolute atomic E-state index is 0.113. The molecule has 0 saturated carbocycles. The van der Waals surface area contributed by atoms with E-state index in [1.807, 2.05) is 22.9 Å². The summed E-state index contributed by atoms with van der Waals surface area (Å²) >= 11 is 3.44. The van der Waals surface area contributed by atoms with Crippen molar-refractivity contribution in [2.75, 3.05) is 11.9 Å². The summed E-state index contributed by atoms with van der Waals surface area (Å²) in [5.74, 6) is -0.285. The number of aryl methyl sites for hydroxylation is 1. The van der Waals surface area contributed by atoms with E-state index in [2.05, 4.69) is 57.5 Å². The Morgan fingerprint density at radius 3 is 2.60 bits per heavy atom. The van der Waals surface area contributed by atoms with E-state index < -0.39 is 0 Å². The summed E-state index contributed by atoms with van der Waals surface area (Å²) in [4.78, 5) is 28.8. The Kier molecular flexibility index (Phi) is 7.05. The van der Waals surface area contributed by atoms with Crippen molar-refractivity contribution in [3.8, 4) is 0 Å². The first-order valence-electron chi connectivity index (χ1n) is 9.73. The van der Waals surface area contributed by atoms with Gasteiger partial charge in [-0.2, -0.15) is 0 Å². The van der Waals surface area contributed by atoms with Crippen LogP contribution >= 0.6 is 15.9 Å². The molecule has 3 rings (SSSR count). The SMILES string of the molecule is CC(C)(CNC(=O)c1cccc(NC(=O)CCn2ccnc2)c1)c1ccc(Br)cc1. The smallest absolute Gasteiger partial charge is 0.251 e. The summed E-state index contributed by atoms with van der Waals surface area (Å²) in [7, 11) is 0. The standard InChI is InChI=1S/C23H25BrN4O2/c1-23(2,18-6-8-19(24)9-7-18)15-26-22(30)17-4-3-5-20(14-17)27-21(29)10-12-28-13-11-25-16-28/h3-9,11,13-14,16H,10,12,15H2,1-2H3,(H,26,30)(H,27,29). The molecule has 0 spiro atoms. The highest BCUT2D eigenvalue weighted by Gasteiger charge is 2.21. The van der Waals surface area contributed by atoms with Gasteiger partial charge in [0.25, 0.3) is 5.91 Å². The van der Waals surface area contributed by atoms with Gasteiger partial charge in [-0.3, -0.25) is 9.59 Å². The molecule has 3 aromatic rings. The fourth-order valence-corrected chi connectivity index (χ4v) is 3.28. The second kappa shape index (κ2) is 9.71. The largest absolute Gasteiger partial charge is 0.351 e. The molecule has 1 heterocycles. The van der Waals surface area contributed by atoms with Gasteiger partial charge in [0.2, 0.25) is 5.91 Å². The van der Waals surface area contributed by atoms with Crippen LogP contribution < -0.4 is 10.6 Å². The molecule has 156 valence electrons. The number of carbonyl (C=O) groups excluding carboxylic acids is 2. The molecular weight excluding hydrogens is 444 g/mol. The number of amides is 2. The number of aromatic nitrogens is 2. The van der Waals surface area contributed by atoms with Gasteiger partial charge >= 0.3 is 0 Å². The average molecular weight is 469 g/mol. The lowest BCUT2D eigenvalue weighted by atomic mass is 9.84. The monoisotopic (exact) mass is 468 g/mol. The Labute approximate surface area is 184 Å². The van der Waals surface area contributed by atoms with Crippen LogP contribution in [0.5, 0.6) is 0 Å². The Hall–Kier alpha value is -2.93. The Morgan fingerprint density at radius 1 is 1.13 bits per heavy atom. The van der Waals surface area contributed by atoms with Crippen LogP contribution in [-0.2, 0) is 16.8 Å². The molecule has 30 heavy (non-hydrogen) atoms. The van der Waals surface area contributed by atoms with Crippen molar-refractivity contribution in [1.82, 2.24) is 14.9 Å². The van der Waals surface area contributed by atoms with Gasteiger partial charge < -0.3 is 15.2 Å². The fraction of sp³-hybridized carbons (Fsp3) is 0.261. The van der Waals surface area contributed by atoms with Crippen molar-refractivity contribution < 1.29 is 9.59 Å². The lowest BCUT2D eigenvalue weighted by Gasteiger charge is -2.26. The molecule has 7 heteroatoms. The molecule has 0 fully saturated rings. The maximum Gasteiger partial charge on any atom is 0.251 e. The second-order valence-corrected chi connectivity index (χ2v) is 8.67. The van der Waals surface area contributed by atoms with E-state index >= 15 is 0 Å². The lowest BCUT2D eigenvalue weighted by molar-refractivity contribution is -0.116. The predicted octanol–water partition coefficient (Wildman–Crippen LogP) is 4.38. The Morgan fingerprint density at radius 2 is 1.90 bits per heavy atom. The molecule has 0 saturated heterocycles. The van der Waals surface area contributed by atoms with Crippen molar-refractivity contribution >= 4 is 33.4 Å². The average Bonchev–Trinajstić information content (AvgIpc) is 3.25. The lowest BCUT2D eigenvalue weighted by Crippen LogP contribution is -2.36. The van der Waals surface area contributed by atoms with Crippen LogP contribution in [0, 0.1) is 0 Å². The van der Waals surface area contributed by atoms with Gasteiger partial charge in [0.05, 0.1) is 6.33 Å². The summed E-state index contributed by atoms with van der Waals surface area (Å²) in [5.41, 5.74) is 2.04. The summed E-state index contributed by atoms with van der Waals surface area (Å²) in [6.45, 7) is 5.23. The van der Waals surface area contributed by atoms with E-state index in [0.717, 1.165) is 10.0 Å². The molecule has 2 aromatic carbocycles. The van der Waals surface area contributed by atoms with E-state index in [0.29, 0.717) is 30.8 Å². The second-order valence-electron chi connectivity index (χ2n) is 7.75. The number of nitrogens with zero attached hydrogens (tertiary/aromatic N) is 2. The van der Waals surface area contributed by atoms with Crippen molar-refractivity contribution in [3.63, 3.8) is 0 Å². The van der Waals surface area contributed by atoms with Crippen LogP contribution in [0.25, 0.3) is 0 Å². The third kappa shape index (κ3) is 6.03. The van der Waals surface area contributed by atoms with Crippen LogP contribution in [-0.4, -0.2) is 27.9 Å². The minimum atomic E-state index is -0.213. The van der Waals surface area contributed by atoms with Gasteiger partial charge in [0, 0.05) is 53.0 Å². The van der Waals surface area contributed by atoms with Gasteiger partial charge in [0.15, 0.2) is 0 Å². The first kappa shape index (κ1) is 21.8. The first-order chi connectivity index (χ1) is 14.3. The molecule has 6 nitrogen and oxygen atoms in total. The molecule has 0 atom stereocenters. The van der Waals surface area contributed by atoms with E-state index in [1.165, 1.54) is 0 Å². The quantitative estimate of drug-likeness (QED) is 0.514. The van der Waals surface area contributed by atoms with E-state index in [1.54, 1.807) is 36.8 Å². The Bertz CT molecular complexity index is 998. The molecule has 1 aromatic heterocycles. The summed E-state index contributed by atoms with van der Waals surface area (Å²) in [6.07, 6.45) is 5.49. The minimum Gasteiger partial charge on any atom is -0.351 e. The molecule has 0 aliphatic carbocycles. The molecule has 0 aliphatic rings. The van der Waals surface area contributed by atoms with Crippen LogP contribution in [0.15, 0.2) is 71.7 Å². The van der Waals surface area contributed by atoms with Gasteiger partial charge in [-0.25, -0.2) is 4.98 Å². The zero-order valence-corrected chi connectivity index (χ0v) is 18.6. The van der Waals surface area contributed by atoms with Crippen LogP contribution in [0.4, 0.5) is 5.69 Å². The van der Waals surface area contributed by atoms with Crippen molar-refractivity contribution in [2.45, 2.75) is 32.2 Å². The molecular formula is C23H25BrN4O2. The number of halogens is 1. The topological polar surface area (TPSA) is 76.0 Å². The third-order valence-corrected chi connectivity index (χ3v) is 5.41. The van der Waals surface area contributed by atoms with Crippen LogP contribution in [0.2, 0.25) is 0 Å². The number of nitrogens with one attached hydrogen (secondary N) is 2. The maximum absolute atomic E-state index is 12.7. The zero-order valence-electron chi connectivity index (χ0n) is 17.1. The third-order valence-electron chi connectivity index (χ3n) is 4.88. The molecule has 2 N–H and O–H groups in total. The highest BCUT2D eigenvalue weighted by atomic mass is 79.9. The number of hydrogen-bond acceptors (Lipinski definition) is 3. The van der Waals surface area contributed by atoms with Gasteiger partial charge in [0.1, 0.15) is 0 Å². The summed E-state index contributed by atoms with van der Waals surface area (Å²) < 4.78 is 2.87. The van der Waals surface area contributed by atoms with Gasteiger partial charge in [-0.05, 0) is 35.9 Å². The summed E-state index contributed by atoms with van der Waals surface area (Å²) in [6, 6.07) is 15.1. The normalized spacial score (nSPS) is 11.2. The zero-order chi connectivity index (χ0) is 21.6. The molecule has 0 unspecified atom stereocenters. The van der Waals surface area contributed by atoms with Crippen LogP contribution in [0.3, 0.4) is 0 Å².